The summed E-state index contributed by atoms with van der Waals surface area (Å²) in [6, 6.07) is 36.0. The van der Waals surface area contributed by atoms with E-state index in [0.717, 1.165) is 5.56 Å². The van der Waals surface area contributed by atoms with E-state index >= 15 is 0 Å². The quantitative estimate of drug-likeness (QED) is 0.305. The molecule has 5 aromatic carbocycles. The molecule has 5 aromatic rings. The van der Waals surface area contributed by atoms with Crippen molar-refractivity contribution in [1.29, 1.82) is 0 Å². The van der Waals surface area contributed by atoms with E-state index in [1.54, 1.807) is 0 Å². The minimum absolute atomic E-state index is 1.15. The van der Waals surface area contributed by atoms with Gasteiger partial charge in [0.05, 0.1) is 0 Å². The van der Waals surface area contributed by atoms with E-state index in [1.807, 2.05) is 0 Å². The van der Waals surface area contributed by atoms with Gasteiger partial charge in [0.2, 0.25) is 0 Å². The highest BCUT2D eigenvalue weighted by atomic mass is 14.1. The van der Waals surface area contributed by atoms with Gasteiger partial charge in [0.1, 0.15) is 0 Å². The summed E-state index contributed by atoms with van der Waals surface area (Å²) >= 11 is 0. The summed E-state index contributed by atoms with van der Waals surface area (Å²) in [6.45, 7) is 0. The Labute approximate surface area is 141 Å². The topological polar surface area (TPSA) is 0 Å². The lowest BCUT2D eigenvalue weighted by molar-refractivity contribution is 1.68. The normalized spacial score (nSPS) is 11.3. The van der Waals surface area contributed by atoms with Crippen LogP contribution in [0.1, 0.15) is 0 Å². The van der Waals surface area contributed by atoms with Crippen molar-refractivity contribution < 1.29 is 0 Å². The number of fused-ring (bicyclic) bond motifs is 3. The molecule has 0 bridgehead atoms. The lowest BCUT2D eigenvalue weighted by Gasteiger charge is -2.08. The Morgan fingerprint density at radius 1 is 0.500 bits per heavy atom. The zero-order chi connectivity index (χ0) is 15.9. The van der Waals surface area contributed by atoms with Crippen LogP contribution in [0.5, 0.6) is 0 Å². The van der Waals surface area contributed by atoms with Crippen LogP contribution in [0.2, 0.25) is 0 Å². The molecule has 24 heavy (non-hydrogen) atoms. The Hall–Kier alpha value is -3.12. The first-order valence-electron chi connectivity index (χ1n) is 8.21. The monoisotopic (exact) mass is 303 g/mol. The minimum atomic E-state index is 1.15. The first-order valence-corrected chi connectivity index (χ1v) is 8.21. The fraction of sp³-hybridized carbons (Fsp3) is 0. The maximum absolute atomic E-state index is 3.63. The third kappa shape index (κ3) is 2.08. The maximum Gasteiger partial charge on any atom is -0.00139 e. The van der Waals surface area contributed by atoms with Crippen LogP contribution in [-0.2, 0) is 0 Å². The van der Waals surface area contributed by atoms with E-state index in [2.05, 4.69) is 97.1 Å². The molecule has 0 fully saturated rings. The Morgan fingerprint density at radius 3 is 2.08 bits per heavy atom. The third-order valence-electron chi connectivity index (χ3n) is 4.70. The molecule has 1 radical (unpaired) electrons. The van der Waals surface area contributed by atoms with E-state index < -0.39 is 0 Å². The van der Waals surface area contributed by atoms with Crippen molar-refractivity contribution in [3.8, 4) is 11.1 Å². The van der Waals surface area contributed by atoms with Crippen LogP contribution < -0.4 is 0 Å². The Morgan fingerprint density at radius 2 is 1.21 bits per heavy atom. The van der Waals surface area contributed by atoms with Gasteiger partial charge in [0.15, 0.2) is 0 Å². The molecule has 0 amide bonds. The third-order valence-corrected chi connectivity index (χ3v) is 4.70. The lowest BCUT2D eigenvalue weighted by Crippen LogP contribution is -1.83. The second-order valence-corrected chi connectivity index (χ2v) is 6.19. The fourth-order valence-corrected chi connectivity index (χ4v) is 3.48. The molecule has 0 saturated heterocycles. The lowest BCUT2D eigenvalue weighted by atomic mass is 9.95. The van der Waals surface area contributed by atoms with Gasteiger partial charge in [-0.1, -0.05) is 78.9 Å². The molecule has 0 heteroatoms. The molecule has 5 rings (SSSR count). The van der Waals surface area contributed by atoms with Crippen molar-refractivity contribution in [1.82, 2.24) is 0 Å². The van der Waals surface area contributed by atoms with Gasteiger partial charge in [0, 0.05) is 0 Å². The first-order chi connectivity index (χ1) is 11.9. The van der Waals surface area contributed by atoms with Crippen molar-refractivity contribution in [3.05, 3.63) is 97.1 Å². The van der Waals surface area contributed by atoms with E-state index in [0.29, 0.717) is 0 Å². The average molecular weight is 303 g/mol. The summed E-state index contributed by atoms with van der Waals surface area (Å²) in [5.74, 6) is 0. The van der Waals surface area contributed by atoms with Crippen molar-refractivity contribution in [2.75, 3.05) is 0 Å². The predicted molar refractivity (Wildman–Crippen MR) is 103 cm³/mol. The van der Waals surface area contributed by atoms with Crippen LogP contribution in [0.3, 0.4) is 0 Å². The highest BCUT2D eigenvalue weighted by Crippen LogP contribution is 2.31. The molecule has 0 saturated carbocycles. The first kappa shape index (κ1) is 13.3. The van der Waals surface area contributed by atoms with Gasteiger partial charge in [-0.05, 0) is 61.6 Å². The molecule has 0 heterocycles. The molecule has 0 spiro atoms. The SMILES string of the molecule is [c]1c(-c2cccc3ccccc23)ccc2cc3ccccc3cc12. The molecule has 0 aromatic heterocycles. The molecule has 0 aliphatic carbocycles. The van der Waals surface area contributed by atoms with Gasteiger partial charge in [-0.2, -0.15) is 0 Å². The number of hydrogen-bond donors (Lipinski definition) is 0. The average Bonchev–Trinajstić information content (AvgIpc) is 2.65. The van der Waals surface area contributed by atoms with Gasteiger partial charge in [-0.25, -0.2) is 0 Å². The molecule has 0 N–H and O–H groups in total. The van der Waals surface area contributed by atoms with Crippen molar-refractivity contribution in [3.63, 3.8) is 0 Å². The van der Waals surface area contributed by atoms with Gasteiger partial charge >= 0.3 is 0 Å². The zero-order valence-corrected chi connectivity index (χ0v) is 13.2. The second kappa shape index (κ2) is 5.21. The van der Waals surface area contributed by atoms with E-state index in [1.165, 1.54) is 37.9 Å². The molecular formula is C24H15. The van der Waals surface area contributed by atoms with Crippen LogP contribution in [0.25, 0.3) is 43.4 Å². The van der Waals surface area contributed by atoms with Crippen molar-refractivity contribution in [2.45, 2.75) is 0 Å². The molecule has 0 unspecified atom stereocenters. The highest BCUT2D eigenvalue weighted by molar-refractivity contribution is 6.02. The van der Waals surface area contributed by atoms with Crippen LogP contribution >= 0.6 is 0 Å². The van der Waals surface area contributed by atoms with Crippen molar-refractivity contribution in [2.24, 2.45) is 0 Å². The van der Waals surface area contributed by atoms with Gasteiger partial charge in [0.25, 0.3) is 0 Å². The summed E-state index contributed by atoms with van der Waals surface area (Å²) in [4.78, 5) is 0. The minimum Gasteiger partial charge on any atom is -0.0616 e. The number of hydrogen-bond acceptors (Lipinski definition) is 0. The van der Waals surface area contributed by atoms with E-state index in [4.69, 9.17) is 0 Å². The summed E-state index contributed by atoms with van der Waals surface area (Å²) in [6.07, 6.45) is 0. The summed E-state index contributed by atoms with van der Waals surface area (Å²) in [7, 11) is 0. The largest absolute Gasteiger partial charge is 0.0616 e. The Balaban J connectivity index is 1.78. The van der Waals surface area contributed by atoms with Crippen LogP contribution in [0.15, 0.2) is 91.0 Å². The Kier molecular flexibility index (Phi) is 2.89. The zero-order valence-electron chi connectivity index (χ0n) is 13.2. The van der Waals surface area contributed by atoms with Gasteiger partial charge in [-0.3, -0.25) is 0 Å². The standard InChI is InChI=1S/C24H15/c1-2-8-19-15-22-16-21(13-12-20(22)14-18(19)7-1)24-11-5-9-17-6-3-4-10-23(17)24/h1-15H. The number of rotatable bonds is 1. The predicted octanol–water partition coefficient (Wildman–Crippen LogP) is 6.61. The van der Waals surface area contributed by atoms with Gasteiger partial charge < -0.3 is 0 Å². The summed E-state index contributed by atoms with van der Waals surface area (Å²) < 4.78 is 0. The molecule has 0 aliphatic heterocycles. The smallest absolute Gasteiger partial charge is 0.00139 e. The second-order valence-electron chi connectivity index (χ2n) is 6.19. The number of benzene rings is 5. The molecular weight excluding hydrogens is 288 g/mol. The molecule has 111 valence electrons. The highest BCUT2D eigenvalue weighted by Gasteiger charge is 2.05. The van der Waals surface area contributed by atoms with Gasteiger partial charge in [-0.15, -0.1) is 0 Å². The molecule has 0 atom stereocenters. The van der Waals surface area contributed by atoms with Crippen LogP contribution in [-0.4, -0.2) is 0 Å². The van der Waals surface area contributed by atoms with Crippen LogP contribution in [0.4, 0.5) is 0 Å². The van der Waals surface area contributed by atoms with Crippen LogP contribution in [0, 0.1) is 6.07 Å². The van der Waals surface area contributed by atoms with E-state index in [-0.39, 0.29) is 0 Å². The summed E-state index contributed by atoms with van der Waals surface area (Å²) in [5.41, 5.74) is 2.39. The van der Waals surface area contributed by atoms with Crippen molar-refractivity contribution >= 4 is 32.3 Å². The van der Waals surface area contributed by atoms with E-state index in [9.17, 15) is 0 Å². The maximum atomic E-state index is 3.63. The fourth-order valence-electron chi connectivity index (χ4n) is 3.48. The summed E-state index contributed by atoms with van der Waals surface area (Å²) in [5, 5.41) is 7.47. The molecule has 0 aliphatic rings. The Bertz CT molecular complexity index is 1190. The molecule has 0 nitrogen and oxygen atoms in total.